The molecule has 34 heavy (non-hydrogen) atoms. The SMILES string of the molecule is Cc1ccc(C)n1-c1ccc(C(=O)N/N=C\c2ccc(OC(=O)c3ccc(Br)cc3)cc2)cc1. The number of carbonyl (C=O) groups is 2. The van der Waals surface area contributed by atoms with E-state index in [0.29, 0.717) is 16.9 Å². The highest BCUT2D eigenvalue weighted by atomic mass is 79.9. The van der Waals surface area contributed by atoms with E-state index in [2.05, 4.69) is 43.2 Å². The lowest BCUT2D eigenvalue weighted by Crippen LogP contribution is -2.17. The summed E-state index contributed by atoms with van der Waals surface area (Å²) in [5, 5.41) is 4.02. The number of hydrogen-bond acceptors (Lipinski definition) is 4. The van der Waals surface area contributed by atoms with Gasteiger partial charge < -0.3 is 9.30 Å². The van der Waals surface area contributed by atoms with Gasteiger partial charge in [0, 0.05) is 27.1 Å². The number of aromatic nitrogens is 1. The lowest BCUT2D eigenvalue weighted by atomic mass is 10.2. The Morgan fingerprint density at radius 1 is 0.824 bits per heavy atom. The van der Waals surface area contributed by atoms with E-state index >= 15 is 0 Å². The number of esters is 1. The van der Waals surface area contributed by atoms with Crippen LogP contribution in [0.3, 0.4) is 0 Å². The number of nitrogens with zero attached hydrogens (tertiary/aromatic N) is 2. The second-order valence-electron chi connectivity index (χ2n) is 7.66. The molecule has 0 saturated carbocycles. The van der Waals surface area contributed by atoms with Crippen LogP contribution in [0.15, 0.2) is 94.5 Å². The first kappa shape index (κ1) is 23.2. The molecule has 0 bridgehead atoms. The number of nitrogens with one attached hydrogen (secondary N) is 1. The lowest BCUT2D eigenvalue weighted by Gasteiger charge is -2.10. The lowest BCUT2D eigenvalue weighted by molar-refractivity contribution is 0.0734. The average molecular weight is 516 g/mol. The molecule has 1 amide bonds. The zero-order valence-electron chi connectivity index (χ0n) is 18.7. The molecule has 0 unspecified atom stereocenters. The molecular formula is C27H22BrN3O3. The van der Waals surface area contributed by atoms with Crippen molar-refractivity contribution in [2.75, 3.05) is 0 Å². The fraction of sp³-hybridized carbons (Fsp3) is 0.0741. The molecule has 4 rings (SSSR count). The van der Waals surface area contributed by atoms with Gasteiger partial charge in [-0.3, -0.25) is 4.79 Å². The van der Waals surface area contributed by atoms with Gasteiger partial charge in [-0.2, -0.15) is 5.10 Å². The van der Waals surface area contributed by atoms with Gasteiger partial charge in [-0.05, 0) is 104 Å². The predicted octanol–water partition coefficient (Wildman–Crippen LogP) is 5.84. The summed E-state index contributed by atoms with van der Waals surface area (Å²) in [6, 6.07) is 25.2. The van der Waals surface area contributed by atoms with Crippen LogP contribution in [-0.2, 0) is 0 Å². The Morgan fingerprint density at radius 3 is 2.03 bits per heavy atom. The Hall–Kier alpha value is -3.97. The highest BCUT2D eigenvalue weighted by Crippen LogP contribution is 2.17. The summed E-state index contributed by atoms with van der Waals surface area (Å²) in [6.45, 7) is 4.09. The minimum absolute atomic E-state index is 0.302. The van der Waals surface area contributed by atoms with Gasteiger partial charge in [-0.1, -0.05) is 15.9 Å². The van der Waals surface area contributed by atoms with E-state index in [9.17, 15) is 9.59 Å². The van der Waals surface area contributed by atoms with Gasteiger partial charge in [0.1, 0.15) is 5.75 Å². The minimum Gasteiger partial charge on any atom is -0.423 e. The fourth-order valence-corrected chi connectivity index (χ4v) is 3.71. The van der Waals surface area contributed by atoms with Crippen molar-refractivity contribution in [3.8, 4) is 11.4 Å². The van der Waals surface area contributed by atoms with E-state index in [4.69, 9.17) is 4.74 Å². The van der Waals surface area contributed by atoms with Gasteiger partial charge in [-0.15, -0.1) is 0 Å². The number of carbonyl (C=O) groups excluding carboxylic acids is 2. The number of amides is 1. The van der Waals surface area contributed by atoms with Crippen LogP contribution in [0.2, 0.25) is 0 Å². The van der Waals surface area contributed by atoms with Crippen molar-refractivity contribution >= 4 is 34.0 Å². The molecule has 0 spiro atoms. The van der Waals surface area contributed by atoms with Crippen molar-refractivity contribution in [3.63, 3.8) is 0 Å². The Kier molecular flexibility index (Phi) is 7.04. The zero-order valence-corrected chi connectivity index (χ0v) is 20.2. The van der Waals surface area contributed by atoms with Crippen LogP contribution in [-0.4, -0.2) is 22.7 Å². The van der Waals surface area contributed by atoms with Crippen LogP contribution < -0.4 is 10.2 Å². The molecule has 0 atom stereocenters. The van der Waals surface area contributed by atoms with Gasteiger partial charge in [-0.25, -0.2) is 10.2 Å². The van der Waals surface area contributed by atoms with E-state index in [-0.39, 0.29) is 5.91 Å². The molecule has 0 aliphatic carbocycles. The van der Waals surface area contributed by atoms with Crippen LogP contribution in [0, 0.1) is 13.8 Å². The molecule has 0 aliphatic rings. The largest absolute Gasteiger partial charge is 0.423 e. The fourth-order valence-electron chi connectivity index (χ4n) is 3.44. The van der Waals surface area contributed by atoms with Crippen molar-refractivity contribution in [1.29, 1.82) is 0 Å². The van der Waals surface area contributed by atoms with E-state index < -0.39 is 5.97 Å². The highest BCUT2D eigenvalue weighted by Gasteiger charge is 2.09. The van der Waals surface area contributed by atoms with Gasteiger partial charge in [0.25, 0.3) is 5.91 Å². The third-order valence-corrected chi connectivity index (χ3v) is 5.74. The summed E-state index contributed by atoms with van der Waals surface area (Å²) in [5.74, 6) is -0.319. The van der Waals surface area contributed by atoms with Gasteiger partial charge >= 0.3 is 5.97 Å². The summed E-state index contributed by atoms with van der Waals surface area (Å²) in [5.41, 5.74) is 7.52. The molecule has 1 N–H and O–H groups in total. The third kappa shape index (κ3) is 5.50. The van der Waals surface area contributed by atoms with Gasteiger partial charge in [0.05, 0.1) is 11.8 Å². The average Bonchev–Trinajstić information content (AvgIpc) is 3.18. The minimum atomic E-state index is -0.436. The quantitative estimate of drug-likeness (QED) is 0.152. The first-order valence-corrected chi connectivity index (χ1v) is 11.4. The molecule has 0 saturated heterocycles. The van der Waals surface area contributed by atoms with Crippen LogP contribution in [0.1, 0.15) is 37.7 Å². The first-order chi connectivity index (χ1) is 16.4. The molecular weight excluding hydrogens is 494 g/mol. The number of ether oxygens (including phenoxy) is 1. The topological polar surface area (TPSA) is 72.7 Å². The maximum atomic E-state index is 12.4. The number of benzene rings is 3. The Balaban J connectivity index is 1.33. The monoisotopic (exact) mass is 515 g/mol. The molecule has 0 aliphatic heterocycles. The van der Waals surface area contributed by atoms with E-state index in [1.165, 1.54) is 6.21 Å². The molecule has 0 radical (unpaired) electrons. The molecule has 6 nitrogen and oxygen atoms in total. The maximum absolute atomic E-state index is 12.4. The standard InChI is InChI=1S/C27H22BrN3O3/c1-18-3-4-19(2)31(18)24-13-9-21(10-14-24)26(32)30-29-17-20-5-15-25(16-6-20)34-27(33)22-7-11-23(28)12-8-22/h3-17H,1-2H3,(H,30,32)/b29-17-. The van der Waals surface area contributed by atoms with Crippen molar-refractivity contribution in [3.05, 3.63) is 117 Å². The maximum Gasteiger partial charge on any atom is 0.343 e. The van der Waals surface area contributed by atoms with Gasteiger partial charge in [0.2, 0.25) is 0 Å². The molecule has 7 heteroatoms. The number of aryl methyl sites for hydroxylation is 2. The van der Waals surface area contributed by atoms with Crippen LogP contribution >= 0.6 is 15.9 Å². The first-order valence-electron chi connectivity index (χ1n) is 10.6. The van der Waals surface area contributed by atoms with E-state index in [0.717, 1.165) is 27.1 Å². The predicted molar refractivity (Wildman–Crippen MR) is 136 cm³/mol. The molecule has 170 valence electrons. The molecule has 1 aromatic heterocycles. The third-order valence-electron chi connectivity index (χ3n) is 5.21. The van der Waals surface area contributed by atoms with Crippen LogP contribution in [0.25, 0.3) is 5.69 Å². The summed E-state index contributed by atoms with van der Waals surface area (Å²) < 4.78 is 8.39. The van der Waals surface area contributed by atoms with Gasteiger partial charge in [0.15, 0.2) is 0 Å². The summed E-state index contributed by atoms with van der Waals surface area (Å²) in [7, 11) is 0. The molecule has 4 aromatic rings. The van der Waals surface area contributed by atoms with Crippen LogP contribution in [0.5, 0.6) is 5.75 Å². The molecule has 1 heterocycles. The van der Waals surface area contributed by atoms with Crippen molar-refractivity contribution in [1.82, 2.24) is 9.99 Å². The Labute approximate surface area is 206 Å². The number of rotatable bonds is 6. The second-order valence-corrected chi connectivity index (χ2v) is 8.58. The Bertz CT molecular complexity index is 1320. The zero-order chi connectivity index (χ0) is 24.1. The smallest absolute Gasteiger partial charge is 0.343 e. The number of hydrazone groups is 1. The molecule has 0 fully saturated rings. The van der Waals surface area contributed by atoms with E-state index in [1.54, 1.807) is 60.7 Å². The molecule has 3 aromatic carbocycles. The van der Waals surface area contributed by atoms with Crippen molar-refractivity contribution in [2.24, 2.45) is 5.10 Å². The second kappa shape index (κ2) is 10.3. The number of hydrogen-bond donors (Lipinski definition) is 1. The van der Waals surface area contributed by atoms with Crippen molar-refractivity contribution in [2.45, 2.75) is 13.8 Å². The number of halogens is 1. The highest BCUT2D eigenvalue weighted by molar-refractivity contribution is 9.10. The van der Waals surface area contributed by atoms with Crippen LogP contribution in [0.4, 0.5) is 0 Å². The van der Waals surface area contributed by atoms with E-state index in [1.807, 2.05) is 26.0 Å². The Morgan fingerprint density at radius 2 is 1.41 bits per heavy atom. The summed E-state index contributed by atoms with van der Waals surface area (Å²) in [6.07, 6.45) is 1.53. The summed E-state index contributed by atoms with van der Waals surface area (Å²) in [4.78, 5) is 24.6. The van der Waals surface area contributed by atoms with Crippen molar-refractivity contribution < 1.29 is 14.3 Å². The normalized spacial score (nSPS) is 10.9. The summed E-state index contributed by atoms with van der Waals surface area (Å²) >= 11 is 3.34.